The average Bonchev–Trinajstić information content (AvgIpc) is 3.58. The van der Waals surface area contributed by atoms with Crippen molar-refractivity contribution in [1.82, 2.24) is 29.6 Å². The number of amides is 1. The fourth-order valence-corrected chi connectivity index (χ4v) is 5.36. The highest BCUT2D eigenvalue weighted by Gasteiger charge is 2.18. The summed E-state index contributed by atoms with van der Waals surface area (Å²) in [5, 5.41) is 11.3. The first-order valence-electron chi connectivity index (χ1n) is 14.3. The van der Waals surface area contributed by atoms with Gasteiger partial charge in [-0.3, -0.25) is 14.4 Å². The van der Waals surface area contributed by atoms with E-state index in [1.165, 1.54) is 18.4 Å². The quantitative estimate of drug-likeness (QED) is 0.215. The van der Waals surface area contributed by atoms with E-state index in [1.807, 2.05) is 44.4 Å². The first kappa shape index (κ1) is 27.5. The molecule has 1 aliphatic heterocycles. The smallest absolute Gasteiger partial charge is 0.276 e. The molecule has 1 fully saturated rings. The Labute approximate surface area is 245 Å². The zero-order valence-electron chi connectivity index (χ0n) is 24.4. The van der Waals surface area contributed by atoms with E-state index in [1.54, 1.807) is 17.9 Å². The second kappa shape index (κ2) is 11.7. The fourth-order valence-electron chi connectivity index (χ4n) is 5.36. The van der Waals surface area contributed by atoms with Gasteiger partial charge < -0.3 is 20.4 Å². The molecule has 0 atom stereocenters. The number of anilines is 3. The van der Waals surface area contributed by atoms with Crippen molar-refractivity contribution in [3.8, 4) is 17.0 Å². The number of piperidine rings is 1. The van der Waals surface area contributed by atoms with Gasteiger partial charge in [-0.05, 0) is 80.2 Å². The highest BCUT2D eigenvalue weighted by atomic mass is 16.5. The number of aromatic nitrogens is 5. The lowest BCUT2D eigenvalue weighted by molar-refractivity contribution is 0.102. The summed E-state index contributed by atoms with van der Waals surface area (Å²) in [4.78, 5) is 27.9. The van der Waals surface area contributed by atoms with Crippen LogP contribution in [0.4, 0.5) is 17.3 Å². The van der Waals surface area contributed by atoms with Crippen LogP contribution in [0.5, 0.6) is 5.88 Å². The number of benzene rings is 2. The van der Waals surface area contributed by atoms with Crippen LogP contribution in [0.15, 0.2) is 60.8 Å². The lowest BCUT2D eigenvalue weighted by Gasteiger charge is -2.30. The zero-order valence-corrected chi connectivity index (χ0v) is 24.4. The predicted octanol–water partition coefficient (Wildman–Crippen LogP) is 5.90. The molecule has 42 heavy (non-hydrogen) atoms. The van der Waals surface area contributed by atoms with E-state index in [-0.39, 0.29) is 5.91 Å². The summed E-state index contributed by atoms with van der Waals surface area (Å²) in [6.45, 7) is 7.55. The van der Waals surface area contributed by atoms with Crippen LogP contribution in [0.3, 0.4) is 0 Å². The summed E-state index contributed by atoms with van der Waals surface area (Å²) in [5.41, 5.74) is 6.55. The number of H-pyrrole nitrogens is 1. The Kier molecular flexibility index (Phi) is 7.62. The monoisotopic (exact) mass is 564 g/mol. The van der Waals surface area contributed by atoms with Gasteiger partial charge in [0.2, 0.25) is 11.8 Å². The average molecular weight is 565 g/mol. The molecule has 216 valence electrons. The van der Waals surface area contributed by atoms with Crippen LogP contribution >= 0.6 is 0 Å². The van der Waals surface area contributed by atoms with Crippen LogP contribution in [0, 0.1) is 12.8 Å². The topological polar surface area (TPSA) is 113 Å². The third-order valence-electron chi connectivity index (χ3n) is 7.96. The van der Waals surface area contributed by atoms with E-state index >= 15 is 0 Å². The number of methoxy groups -OCH3 is 1. The summed E-state index contributed by atoms with van der Waals surface area (Å²) in [6, 6.07) is 17.8. The maximum absolute atomic E-state index is 12.8. The number of aryl methyl sites for hydroxylation is 2. The molecule has 10 heteroatoms. The number of carbonyl (C=O) groups is 1. The molecule has 1 saturated heterocycles. The molecule has 2 aromatic carbocycles. The number of nitrogens with zero attached hydrogens (tertiary/aromatic N) is 5. The van der Waals surface area contributed by atoms with Crippen LogP contribution in [-0.4, -0.2) is 55.7 Å². The summed E-state index contributed by atoms with van der Waals surface area (Å²) < 4.78 is 7.39. The highest BCUT2D eigenvalue weighted by Crippen LogP contribution is 2.35. The number of fused-ring (bicyclic) bond motifs is 1. The van der Waals surface area contributed by atoms with Crippen LogP contribution in [0.2, 0.25) is 0 Å². The van der Waals surface area contributed by atoms with Crippen molar-refractivity contribution < 1.29 is 9.53 Å². The normalized spacial score (nSPS) is 14.3. The first-order valence-corrected chi connectivity index (χ1v) is 14.3. The van der Waals surface area contributed by atoms with Gasteiger partial charge >= 0.3 is 0 Å². The molecule has 0 radical (unpaired) electrons. The Balaban J connectivity index is 1.19. The van der Waals surface area contributed by atoms with Gasteiger partial charge in [0.1, 0.15) is 5.65 Å². The van der Waals surface area contributed by atoms with Crippen LogP contribution in [0.25, 0.3) is 22.2 Å². The Hall–Kier alpha value is -4.70. The summed E-state index contributed by atoms with van der Waals surface area (Å²) in [5.74, 6) is 1.46. The predicted molar refractivity (Wildman–Crippen MR) is 165 cm³/mol. The van der Waals surface area contributed by atoms with Gasteiger partial charge in [0.15, 0.2) is 5.69 Å². The number of ether oxygens (including phenoxy) is 1. The molecule has 5 aromatic rings. The molecule has 6 rings (SSSR count). The van der Waals surface area contributed by atoms with Gasteiger partial charge in [-0.25, -0.2) is 0 Å². The van der Waals surface area contributed by atoms with E-state index in [0.29, 0.717) is 28.9 Å². The number of rotatable bonds is 8. The van der Waals surface area contributed by atoms with Gasteiger partial charge in [0.25, 0.3) is 5.91 Å². The standard InChI is InChI=1S/C32H36N8O2/c1-20-12-14-40(15-13-20)19-22-8-10-24(11-9-22)35-32-36-29-28(31(37-32)42-4)26(18-33-29)23-6-5-7-25(17-23)34-30(41)27-16-21(2)39(3)38-27/h5-11,16-18,20H,12-15,19H2,1-4H3,(H,34,41)(H2,33,35,36,37). The summed E-state index contributed by atoms with van der Waals surface area (Å²) >= 11 is 0. The molecule has 0 bridgehead atoms. The molecule has 0 unspecified atom stereocenters. The maximum atomic E-state index is 12.8. The Morgan fingerprint density at radius 3 is 2.57 bits per heavy atom. The zero-order chi connectivity index (χ0) is 29.2. The largest absolute Gasteiger partial charge is 0.480 e. The minimum Gasteiger partial charge on any atom is -0.480 e. The molecular weight excluding hydrogens is 528 g/mol. The van der Waals surface area contributed by atoms with Crippen molar-refractivity contribution in [2.45, 2.75) is 33.2 Å². The maximum Gasteiger partial charge on any atom is 0.276 e. The van der Waals surface area contributed by atoms with Crippen molar-refractivity contribution in [2.75, 3.05) is 30.8 Å². The Morgan fingerprint density at radius 2 is 1.86 bits per heavy atom. The fraction of sp³-hybridized carbons (Fsp3) is 0.312. The molecule has 10 nitrogen and oxygen atoms in total. The van der Waals surface area contributed by atoms with Crippen molar-refractivity contribution in [3.05, 3.63) is 77.7 Å². The van der Waals surface area contributed by atoms with Gasteiger partial charge in [-0.2, -0.15) is 15.1 Å². The molecule has 1 amide bonds. The number of hydrogen-bond donors (Lipinski definition) is 3. The van der Waals surface area contributed by atoms with E-state index in [0.717, 1.165) is 53.4 Å². The number of aromatic amines is 1. The van der Waals surface area contributed by atoms with Crippen LogP contribution in [0.1, 0.15) is 41.5 Å². The molecule has 3 aromatic heterocycles. The Bertz CT molecular complexity index is 1700. The third kappa shape index (κ3) is 5.84. The third-order valence-corrected chi connectivity index (χ3v) is 7.96. The molecule has 4 heterocycles. The lowest BCUT2D eigenvalue weighted by atomic mass is 9.99. The number of nitrogens with one attached hydrogen (secondary N) is 3. The van der Waals surface area contributed by atoms with E-state index < -0.39 is 0 Å². The molecule has 3 N–H and O–H groups in total. The van der Waals surface area contributed by atoms with E-state index in [2.05, 4.69) is 61.8 Å². The van der Waals surface area contributed by atoms with E-state index in [4.69, 9.17) is 9.72 Å². The van der Waals surface area contributed by atoms with E-state index in [9.17, 15) is 4.79 Å². The number of likely N-dealkylation sites (tertiary alicyclic amines) is 1. The van der Waals surface area contributed by atoms with Crippen molar-refractivity contribution >= 4 is 34.3 Å². The second-order valence-corrected chi connectivity index (χ2v) is 11.1. The van der Waals surface area contributed by atoms with Gasteiger partial charge in [-0.15, -0.1) is 0 Å². The molecular formula is C32H36N8O2. The minimum absolute atomic E-state index is 0.263. The number of hydrogen-bond acceptors (Lipinski definition) is 7. The van der Waals surface area contributed by atoms with Gasteiger partial charge in [0.05, 0.1) is 12.5 Å². The van der Waals surface area contributed by atoms with Gasteiger partial charge in [0, 0.05) is 42.4 Å². The molecule has 0 aliphatic carbocycles. The SMILES string of the molecule is COc1nc(Nc2ccc(CN3CCC(C)CC3)cc2)nc2[nH]cc(-c3cccc(NC(=O)c4cc(C)n(C)n4)c3)c12. The summed E-state index contributed by atoms with van der Waals surface area (Å²) in [6.07, 6.45) is 4.43. The number of carbonyl (C=O) groups excluding carboxylic acids is 1. The van der Waals surface area contributed by atoms with Crippen LogP contribution < -0.4 is 15.4 Å². The molecule has 0 saturated carbocycles. The highest BCUT2D eigenvalue weighted by molar-refractivity contribution is 6.04. The summed E-state index contributed by atoms with van der Waals surface area (Å²) in [7, 11) is 3.41. The van der Waals surface area contributed by atoms with Gasteiger partial charge in [-0.1, -0.05) is 31.2 Å². The molecule has 0 spiro atoms. The lowest BCUT2D eigenvalue weighted by Crippen LogP contribution is -2.32. The minimum atomic E-state index is -0.263. The first-order chi connectivity index (χ1) is 20.4. The van der Waals surface area contributed by atoms with Crippen molar-refractivity contribution in [3.63, 3.8) is 0 Å². The van der Waals surface area contributed by atoms with Crippen molar-refractivity contribution in [2.24, 2.45) is 13.0 Å². The second-order valence-electron chi connectivity index (χ2n) is 11.1. The Morgan fingerprint density at radius 1 is 1.07 bits per heavy atom. The van der Waals surface area contributed by atoms with Crippen LogP contribution in [-0.2, 0) is 13.6 Å². The van der Waals surface area contributed by atoms with Crippen molar-refractivity contribution in [1.29, 1.82) is 0 Å². The molecule has 1 aliphatic rings.